The molecule has 0 bridgehead atoms. The lowest BCUT2D eigenvalue weighted by atomic mass is 10.0. The summed E-state index contributed by atoms with van der Waals surface area (Å²) in [6.07, 6.45) is 2.02. The highest BCUT2D eigenvalue weighted by Crippen LogP contribution is 2.19. The van der Waals surface area contributed by atoms with Crippen LogP contribution in [0.25, 0.3) is 0 Å². The second-order valence-electron chi connectivity index (χ2n) is 6.41. The molecule has 1 fully saturated rings. The summed E-state index contributed by atoms with van der Waals surface area (Å²) in [4.78, 5) is 16.0. The molecule has 1 aliphatic rings. The number of nitrogens with two attached hydrogens (primary N) is 1. The highest BCUT2D eigenvalue weighted by Gasteiger charge is 2.37. The molecule has 2 heterocycles. The van der Waals surface area contributed by atoms with Gasteiger partial charge in [0.25, 0.3) is 0 Å². The zero-order valence-corrected chi connectivity index (χ0v) is 15.2. The van der Waals surface area contributed by atoms with E-state index in [0.29, 0.717) is 32.0 Å². The maximum Gasteiger partial charge on any atom is 0.407 e. The number of aliphatic hydroxyl groups excluding tert-OH is 1. The number of aliphatic hydroxyl groups is 1. The van der Waals surface area contributed by atoms with Crippen LogP contribution in [0.3, 0.4) is 0 Å². The first kappa shape index (κ1) is 19.0. The van der Waals surface area contributed by atoms with Crippen LogP contribution >= 0.6 is 0 Å². The number of anilines is 1. The molecule has 9 heteroatoms. The van der Waals surface area contributed by atoms with Crippen LogP contribution in [-0.2, 0) is 17.7 Å². The quantitative estimate of drug-likeness (QED) is 0.543. The molecule has 3 atom stereocenters. The minimum atomic E-state index is -0.747. The van der Waals surface area contributed by atoms with Crippen molar-refractivity contribution in [2.75, 3.05) is 25.9 Å². The van der Waals surface area contributed by atoms with Crippen LogP contribution in [0, 0.1) is 0 Å². The molecule has 0 aliphatic carbocycles. The van der Waals surface area contributed by atoms with E-state index in [1.165, 1.54) is 0 Å². The van der Waals surface area contributed by atoms with Gasteiger partial charge in [0.05, 0.1) is 13.2 Å². The van der Waals surface area contributed by atoms with Crippen molar-refractivity contribution in [3.63, 3.8) is 0 Å². The van der Waals surface area contributed by atoms with Crippen LogP contribution in [0.15, 0.2) is 36.7 Å². The van der Waals surface area contributed by atoms with E-state index in [9.17, 15) is 9.90 Å². The molecule has 1 amide bonds. The smallest absolute Gasteiger partial charge is 0.407 e. The number of imidazole rings is 1. The summed E-state index contributed by atoms with van der Waals surface area (Å²) in [6, 6.07) is 7.51. The van der Waals surface area contributed by atoms with E-state index < -0.39 is 18.3 Å². The first-order valence-electron chi connectivity index (χ1n) is 8.82. The molecule has 0 saturated carbocycles. The van der Waals surface area contributed by atoms with E-state index in [2.05, 4.69) is 15.6 Å². The summed E-state index contributed by atoms with van der Waals surface area (Å²) in [5.41, 5.74) is 6.74. The van der Waals surface area contributed by atoms with Crippen molar-refractivity contribution in [3.8, 4) is 5.75 Å². The Hall–Kier alpha value is -2.78. The summed E-state index contributed by atoms with van der Waals surface area (Å²) < 4.78 is 12.3. The topological polar surface area (TPSA) is 124 Å². The van der Waals surface area contributed by atoms with Crippen molar-refractivity contribution < 1.29 is 19.4 Å². The zero-order valence-electron chi connectivity index (χ0n) is 15.2. The number of carbonyl (C=O) groups excluding carboxylic acids is 1. The van der Waals surface area contributed by atoms with Crippen molar-refractivity contribution in [1.29, 1.82) is 0 Å². The molecule has 9 nitrogen and oxygen atoms in total. The molecular weight excluding hydrogens is 350 g/mol. The number of rotatable bonds is 7. The number of hydrogen-bond donors (Lipinski definition) is 4. The van der Waals surface area contributed by atoms with Crippen molar-refractivity contribution in [2.24, 2.45) is 0 Å². The average molecular weight is 375 g/mol. The van der Waals surface area contributed by atoms with Gasteiger partial charge in [-0.25, -0.2) is 9.78 Å². The Kier molecular flexibility index (Phi) is 6.15. The molecule has 1 aromatic carbocycles. The van der Waals surface area contributed by atoms with Gasteiger partial charge in [-0.1, -0.05) is 12.1 Å². The fourth-order valence-corrected chi connectivity index (χ4v) is 3.11. The number of aromatic nitrogens is 2. The van der Waals surface area contributed by atoms with Crippen LogP contribution in [0.2, 0.25) is 0 Å². The van der Waals surface area contributed by atoms with Gasteiger partial charge in [-0.05, 0) is 24.1 Å². The summed E-state index contributed by atoms with van der Waals surface area (Å²) in [5, 5.41) is 16.0. The molecule has 3 rings (SSSR count). The van der Waals surface area contributed by atoms with Gasteiger partial charge in [0.15, 0.2) is 5.95 Å². The van der Waals surface area contributed by atoms with E-state index in [1.54, 1.807) is 24.1 Å². The van der Waals surface area contributed by atoms with Crippen molar-refractivity contribution in [1.82, 2.24) is 20.2 Å². The van der Waals surface area contributed by atoms with Crippen LogP contribution < -0.4 is 21.1 Å². The number of ether oxygens (including phenoxy) is 2. The Bertz CT molecular complexity index is 748. The SMILES string of the molecule is COc1ccc(C[C@H]2NC[C@H](O)[C@H]2OC(=O)NCCn2ccnc2N)cc1. The molecule has 5 N–H and O–H groups in total. The average Bonchev–Trinajstić information content (AvgIpc) is 3.22. The van der Waals surface area contributed by atoms with Gasteiger partial charge in [-0.15, -0.1) is 0 Å². The fraction of sp³-hybridized carbons (Fsp3) is 0.444. The highest BCUT2D eigenvalue weighted by atomic mass is 16.6. The van der Waals surface area contributed by atoms with E-state index in [-0.39, 0.29) is 6.04 Å². The number of amides is 1. The lowest BCUT2D eigenvalue weighted by Crippen LogP contribution is -2.42. The van der Waals surface area contributed by atoms with Gasteiger partial charge in [0, 0.05) is 32.0 Å². The molecule has 146 valence electrons. The number of nitrogens with zero attached hydrogens (tertiary/aromatic N) is 2. The Morgan fingerprint density at radius 3 is 2.89 bits per heavy atom. The predicted molar refractivity (Wildman–Crippen MR) is 99.4 cm³/mol. The number of nitrogen functional groups attached to an aromatic ring is 1. The van der Waals surface area contributed by atoms with E-state index in [1.807, 2.05) is 24.3 Å². The molecule has 0 spiro atoms. The van der Waals surface area contributed by atoms with Gasteiger partial charge in [0.1, 0.15) is 18.0 Å². The van der Waals surface area contributed by atoms with E-state index in [4.69, 9.17) is 15.2 Å². The number of methoxy groups -OCH3 is 1. The Morgan fingerprint density at radius 1 is 1.44 bits per heavy atom. The maximum absolute atomic E-state index is 12.1. The third-order valence-electron chi connectivity index (χ3n) is 4.59. The molecular formula is C18H25N5O4. The van der Waals surface area contributed by atoms with Crippen LogP contribution in [-0.4, -0.2) is 59.2 Å². The van der Waals surface area contributed by atoms with Crippen LogP contribution in [0.5, 0.6) is 5.75 Å². The maximum atomic E-state index is 12.1. The number of benzene rings is 1. The third-order valence-corrected chi connectivity index (χ3v) is 4.59. The number of β-amino-alcohol motifs (C(OH)–C–C–N with tert-alkyl or cyclic N) is 1. The van der Waals surface area contributed by atoms with Gasteiger partial charge in [0.2, 0.25) is 0 Å². The van der Waals surface area contributed by atoms with Gasteiger partial charge in [-0.2, -0.15) is 0 Å². The predicted octanol–water partition coefficient (Wildman–Crippen LogP) is 0.144. The van der Waals surface area contributed by atoms with E-state index >= 15 is 0 Å². The molecule has 27 heavy (non-hydrogen) atoms. The first-order valence-corrected chi connectivity index (χ1v) is 8.82. The van der Waals surface area contributed by atoms with Gasteiger partial charge < -0.3 is 35.5 Å². The largest absolute Gasteiger partial charge is 0.497 e. The minimum absolute atomic E-state index is 0.163. The summed E-state index contributed by atoms with van der Waals surface area (Å²) in [5.74, 6) is 1.17. The highest BCUT2D eigenvalue weighted by molar-refractivity contribution is 5.67. The number of alkyl carbamates (subject to hydrolysis) is 1. The molecule has 1 aromatic heterocycles. The van der Waals surface area contributed by atoms with Crippen molar-refractivity contribution in [2.45, 2.75) is 31.2 Å². The molecule has 0 unspecified atom stereocenters. The van der Waals surface area contributed by atoms with Gasteiger partial charge >= 0.3 is 6.09 Å². The zero-order chi connectivity index (χ0) is 19.2. The number of carbonyl (C=O) groups is 1. The normalized spacial score (nSPS) is 21.8. The molecule has 1 aliphatic heterocycles. The Morgan fingerprint density at radius 2 is 2.22 bits per heavy atom. The third kappa shape index (κ3) is 4.89. The number of nitrogens with one attached hydrogen (secondary N) is 2. The van der Waals surface area contributed by atoms with Crippen LogP contribution in [0.1, 0.15) is 5.56 Å². The summed E-state index contributed by atoms with van der Waals surface area (Å²) in [7, 11) is 1.62. The Balaban J connectivity index is 1.50. The summed E-state index contributed by atoms with van der Waals surface area (Å²) >= 11 is 0. The minimum Gasteiger partial charge on any atom is -0.497 e. The molecule has 1 saturated heterocycles. The lowest BCUT2D eigenvalue weighted by molar-refractivity contribution is 0.0189. The standard InChI is InChI=1S/C18H25N5O4/c1-26-13-4-2-12(3-5-13)10-14-16(15(24)11-22-14)27-18(25)21-7-9-23-8-6-20-17(23)19/h2-6,8,14-16,22,24H,7,9-11H2,1H3,(H2,19,20)(H,21,25)/t14-,15+,16+/m1/s1. The molecule has 2 aromatic rings. The Labute approximate surface area is 157 Å². The van der Waals surface area contributed by atoms with E-state index in [0.717, 1.165) is 11.3 Å². The summed E-state index contributed by atoms with van der Waals surface area (Å²) in [6.45, 7) is 1.21. The van der Waals surface area contributed by atoms with Crippen molar-refractivity contribution >= 4 is 12.0 Å². The van der Waals surface area contributed by atoms with Crippen molar-refractivity contribution in [3.05, 3.63) is 42.2 Å². The number of hydrogen-bond acceptors (Lipinski definition) is 7. The lowest BCUT2D eigenvalue weighted by Gasteiger charge is -2.22. The fourth-order valence-electron chi connectivity index (χ4n) is 3.11. The monoisotopic (exact) mass is 375 g/mol. The van der Waals surface area contributed by atoms with Gasteiger partial charge in [-0.3, -0.25) is 0 Å². The molecule has 0 radical (unpaired) electrons. The van der Waals surface area contributed by atoms with Crippen LogP contribution in [0.4, 0.5) is 10.7 Å². The second-order valence-corrected chi connectivity index (χ2v) is 6.41. The second kappa shape index (κ2) is 8.74. The first-order chi connectivity index (χ1) is 13.1.